The lowest BCUT2D eigenvalue weighted by atomic mass is 10.1. The van der Waals surface area contributed by atoms with Gasteiger partial charge in [0.15, 0.2) is 0 Å². The van der Waals surface area contributed by atoms with E-state index in [9.17, 15) is 5.11 Å². The first kappa shape index (κ1) is 13.4. The first-order valence-electron chi connectivity index (χ1n) is 6.33. The fourth-order valence-corrected chi connectivity index (χ4v) is 1.86. The molecule has 3 heteroatoms. The summed E-state index contributed by atoms with van der Waals surface area (Å²) < 4.78 is 11.0. The zero-order valence-corrected chi connectivity index (χ0v) is 11.2. The van der Waals surface area contributed by atoms with Crippen molar-refractivity contribution in [1.29, 1.82) is 0 Å². The van der Waals surface area contributed by atoms with E-state index in [2.05, 4.69) is 0 Å². The van der Waals surface area contributed by atoms with Gasteiger partial charge < -0.3 is 14.6 Å². The summed E-state index contributed by atoms with van der Waals surface area (Å²) in [5.74, 6) is 2.10. The number of ether oxygens (including phenoxy) is 2. The summed E-state index contributed by atoms with van der Waals surface area (Å²) in [5.41, 5.74) is 0.799. The molecule has 3 nitrogen and oxygen atoms in total. The first-order valence-corrected chi connectivity index (χ1v) is 6.33. The molecule has 0 heterocycles. The van der Waals surface area contributed by atoms with E-state index in [0.717, 1.165) is 11.3 Å². The number of para-hydroxylation sites is 1. The van der Waals surface area contributed by atoms with Gasteiger partial charge in [0.05, 0.1) is 13.2 Å². The summed E-state index contributed by atoms with van der Waals surface area (Å²) >= 11 is 0. The van der Waals surface area contributed by atoms with E-state index >= 15 is 0 Å². The number of aliphatic hydroxyl groups is 1. The van der Waals surface area contributed by atoms with Gasteiger partial charge in [0.2, 0.25) is 0 Å². The van der Waals surface area contributed by atoms with Crippen LogP contribution in [-0.2, 0) is 0 Å². The Balaban J connectivity index is 2.27. The summed E-state index contributed by atoms with van der Waals surface area (Å²) in [6, 6.07) is 14.9. The smallest absolute Gasteiger partial charge is 0.133 e. The van der Waals surface area contributed by atoms with Crippen LogP contribution in [0.15, 0.2) is 48.5 Å². The Morgan fingerprint density at radius 3 is 2.53 bits per heavy atom. The maximum atomic E-state index is 9.98. The van der Waals surface area contributed by atoms with Crippen LogP contribution in [0.4, 0.5) is 0 Å². The summed E-state index contributed by atoms with van der Waals surface area (Å²) in [6.07, 6.45) is 0.139. The predicted molar refractivity (Wildman–Crippen MR) is 74.8 cm³/mol. The highest BCUT2D eigenvalue weighted by atomic mass is 16.5. The van der Waals surface area contributed by atoms with Crippen molar-refractivity contribution in [2.24, 2.45) is 0 Å². The third kappa shape index (κ3) is 3.26. The average molecular weight is 258 g/mol. The van der Waals surface area contributed by atoms with Crippen LogP contribution >= 0.6 is 0 Å². The molecular formula is C16H18O3. The molecule has 0 spiro atoms. The minimum absolute atomic E-state index is 0.512. The molecule has 0 aliphatic heterocycles. The van der Waals surface area contributed by atoms with Crippen molar-refractivity contribution in [1.82, 2.24) is 0 Å². The van der Waals surface area contributed by atoms with Crippen LogP contribution in [0.2, 0.25) is 0 Å². The Kier molecular flexibility index (Phi) is 4.42. The Morgan fingerprint density at radius 1 is 1.05 bits per heavy atom. The Morgan fingerprint density at radius 2 is 1.79 bits per heavy atom. The highest BCUT2D eigenvalue weighted by molar-refractivity contribution is 5.41. The van der Waals surface area contributed by atoms with Crippen LogP contribution in [0.1, 0.15) is 25.0 Å². The number of aliphatic hydroxyl groups excluding tert-OH is 1. The number of benzene rings is 2. The van der Waals surface area contributed by atoms with Gasteiger partial charge in [-0.05, 0) is 24.6 Å². The van der Waals surface area contributed by atoms with Crippen molar-refractivity contribution in [3.05, 3.63) is 54.1 Å². The van der Waals surface area contributed by atoms with Gasteiger partial charge in [0.25, 0.3) is 0 Å². The zero-order chi connectivity index (χ0) is 13.7. The molecule has 0 amide bonds. The van der Waals surface area contributed by atoms with Crippen molar-refractivity contribution >= 4 is 0 Å². The molecule has 0 saturated carbocycles. The largest absolute Gasteiger partial charge is 0.497 e. The third-order valence-corrected chi connectivity index (χ3v) is 2.93. The van der Waals surface area contributed by atoms with Gasteiger partial charge in [-0.15, -0.1) is 0 Å². The molecule has 0 aliphatic carbocycles. The minimum atomic E-state index is -0.512. The molecule has 0 aliphatic rings. The van der Waals surface area contributed by atoms with E-state index in [1.54, 1.807) is 7.11 Å². The van der Waals surface area contributed by atoms with E-state index < -0.39 is 6.10 Å². The molecule has 2 rings (SSSR count). The average Bonchev–Trinajstić information content (AvgIpc) is 2.47. The number of rotatable bonds is 5. The summed E-state index contributed by atoms with van der Waals surface area (Å²) in [4.78, 5) is 0. The molecule has 0 unspecified atom stereocenters. The topological polar surface area (TPSA) is 38.7 Å². The SMILES string of the molecule is CC[C@@H](O)c1ccccc1Oc1cccc(OC)c1. The fraction of sp³-hybridized carbons (Fsp3) is 0.250. The van der Waals surface area contributed by atoms with Gasteiger partial charge in [-0.2, -0.15) is 0 Å². The van der Waals surface area contributed by atoms with Gasteiger partial charge in [-0.1, -0.05) is 31.2 Å². The minimum Gasteiger partial charge on any atom is -0.497 e. The van der Waals surface area contributed by atoms with E-state index in [1.165, 1.54) is 0 Å². The second-order valence-electron chi connectivity index (χ2n) is 4.24. The first-order chi connectivity index (χ1) is 9.24. The second-order valence-corrected chi connectivity index (χ2v) is 4.24. The van der Waals surface area contributed by atoms with Crippen molar-refractivity contribution in [3.8, 4) is 17.2 Å². The van der Waals surface area contributed by atoms with Gasteiger partial charge in [-0.25, -0.2) is 0 Å². The van der Waals surface area contributed by atoms with Crippen LogP contribution in [-0.4, -0.2) is 12.2 Å². The lowest BCUT2D eigenvalue weighted by Gasteiger charge is -2.15. The molecule has 19 heavy (non-hydrogen) atoms. The fourth-order valence-electron chi connectivity index (χ4n) is 1.86. The Bertz CT molecular complexity index is 537. The van der Waals surface area contributed by atoms with Gasteiger partial charge >= 0.3 is 0 Å². The molecule has 0 radical (unpaired) electrons. The molecular weight excluding hydrogens is 240 g/mol. The predicted octanol–water partition coefficient (Wildman–Crippen LogP) is 3.93. The van der Waals surface area contributed by atoms with Crippen LogP contribution in [0.3, 0.4) is 0 Å². The number of hydrogen-bond donors (Lipinski definition) is 1. The standard InChI is InChI=1S/C16H18O3/c1-3-15(17)14-9-4-5-10-16(14)19-13-8-6-7-12(11-13)18-2/h4-11,15,17H,3H2,1-2H3/t15-/m1/s1. The molecule has 1 atom stereocenters. The molecule has 1 N–H and O–H groups in total. The van der Waals surface area contributed by atoms with Crippen molar-refractivity contribution in [2.45, 2.75) is 19.4 Å². The van der Waals surface area contributed by atoms with Gasteiger partial charge in [0.1, 0.15) is 17.2 Å². The van der Waals surface area contributed by atoms with Crippen molar-refractivity contribution in [2.75, 3.05) is 7.11 Å². The molecule has 2 aromatic rings. The summed E-state index contributed by atoms with van der Waals surface area (Å²) in [6.45, 7) is 1.94. The lowest BCUT2D eigenvalue weighted by molar-refractivity contribution is 0.170. The van der Waals surface area contributed by atoms with Crippen molar-refractivity contribution < 1.29 is 14.6 Å². The molecule has 2 aromatic carbocycles. The normalized spacial score (nSPS) is 11.9. The monoisotopic (exact) mass is 258 g/mol. The van der Waals surface area contributed by atoms with Gasteiger partial charge in [0, 0.05) is 11.6 Å². The number of hydrogen-bond acceptors (Lipinski definition) is 3. The van der Waals surface area contributed by atoms with E-state index in [1.807, 2.05) is 55.5 Å². The Labute approximate surface area is 113 Å². The van der Waals surface area contributed by atoms with E-state index in [0.29, 0.717) is 17.9 Å². The third-order valence-electron chi connectivity index (χ3n) is 2.93. The molecule has 0 fully saturated rings. The quantitative estimate of drug-likeness (QED) is 0.883. The molecule has 0 bridgehead atoms. The second kappa shape index (κ2) is 6.25. The highest BCUT2D eigenvalue weighted by Gasteiger charge is 2.11. The van der Waals surface area contributed by atoms with Gasteiger partial charge in [-0.3, -0.25) is 0 Å². The highest BCUT2D eigenvalue weighted by Crippen LogP contribution is 2.31. The van der Waals surface area contributed by atoms with Crippen molar-refractivity contribution in [3.63, 3.8) is 0 Å². The Hall–Kier alpha value is -2.00. The van der Waals surface area contributed by atoms with E-state index in [-0.39, 0.29) is 0 Å². The molecule has 100 valence electrons. The maximum absolute atomic E-state index is 9.98. The number of methoxy groups -OCH3 is 1. The maximum Gasteiger partial charge on any atom is 0.133 e. The molecule has 0 aromatic heterocycles. The molecule has 0 saturated heterocycles. The van der Waals surface area contributed by atoms with Crippen LogP contribution in [0.25, 0.3) is 0 Å². The zero-order valence-electron chi connectivity index (χ0n) is 11.2. The van der Waals surface area contributed by atoms with Crippen LogP contribution < -0.4 is 9.47 Å². The van der Waals surface area contributed by atoms with Crippen LogP contribution in [0, 0.1) is 0 Å². The van der Waals surface area contributed by atoms with E-state index in [4.69, 9.17) is 9.47 Å². The lowest BCUT2D eigenvalue weighted by Crippen LogP contribution is -1.98. The summed E-state index contributed by atoms with van der Waals surface area (Å²) in [5, 5.41) is 9.98. The van der Waals surface area contributed by atoms with Crippen LogP contribution in [0.5, 0.6) is 17.2 Å². The summed E-state index contributed by atoms with van der Waals surface area (Å²) in [7, 11) is 1.62.